The minimum absolute atomic E-state index is 0.00914. The molecule has 1 N–H and O–H groups in total. The van der Waals surface area contributed by atoms with Crippen molar-refractivity contribution in [2.24, 2.45) is 0 Å². The fourth-order valence-electron chi connectivity index (χ4n) is 2.57. The largest absolute Gasteiger partial charge is 0.463 e. The molecule has 1 aliphatic heterocycles. The molecule has 0 bridgehead atoms. The van der Waals surface area contributed by atoms with Crippen molar-refractivity contribution in [3.63, 3.8) is 0 Å². The van der Waals surface area contributed by atoms with Crippen molar-refractivity contribution in [3.8, 4) is 6.07 Å². The van der Waals surface area contributed by atoms with Crippen molar-refractivity contribution < 1.29 is 14.3 Å². The predicted octanol–water partition coefficient (Wildman–Crippen LogP) is 2.66. The zero-order valence-corrected chi connectivity index (χ0v) is 15.1. The van der Waals surface area contributed by atoms with Gasteiger partial charge in [0.2, 0.25) is 0 Å². The highest BCUT2D eigenvalue weighted by atomic mass is 32.2. The van der Waals surface area contributed by atoms with Crippen LogP contribution in [0.2, 0.25) is 0 Å². The summed E-state index contributed by atoms with van der Waals surface area (Å²) < 4.78 is 5.18. The lowest BCUT2D eigenvalue weighted by Crippen LogP contribution is -2.29. The molecule has 0 fully saturated rings. The molecule has 1 atom stereocenters. The molecule has 0 aliphatic carbocycles. The van der Waals surface area contributed by atoms with Gasteiger partial charge < -0.3 is 10.1 Å². The average molecular weight is 357 g/mol. The van der Waals surface area contributed by atoms with Crippen molar-refractivity contribution >= 4 is 23.5 Å². The SMILES string of the molecule is CCOC(=O)C1=C(C)NC(SCC(C)=O)=C(C#N)C1c1ccncc1. The molecule has 0 saturated carbocycles. The lowest BCUT2D eigenvalue weighted by molar-refractivity contribution is -0.138. The summed E-state index contributed by atoms with van der Waals surface area (Å²) in [6.07, 6.45) is 3.24. The topological polar surface area (TPSA) is 92.1 Å². The number of thioether (sulfide) groups is 1. The second-order valence-electron chi connectivity index (χ2n) is 5.44. The predicted molar refractivity (Wildman–Crippen MR) is 95.2 cm³/mol. The molecule has 2 rings (SSSR count). The Kier molecular flexibility index (Phi) is 6.37. The standard InChI is InChI=1S/C18H19N3O3S/c1-4-24-18(23)15-12(3)21-17(25-10-11(2)22)14(9-19)16(15)13-5-7-20-8-6-13/h5-8,16,21H,4,10H2,1-3H3. The van der Waals surface area contributed by atoms with Crippen LogP contribution in [-0.4, -0.2) is 29.1 Å². The number of dihydropyridines is 1. The highest BCUT2D eigenvalue weighted by Gasteiger charge is 2.35. The molecule has 0 spiro atoms. The van der Waals surface area contributed by atoms with Gasteiger partial charge in [-0.3, -0.25) is 9.78 Å². The summed E-state index contributed by atoms with van der Waals surface area (Å²) in [4.78, 5) is 27.8. The molecule has 0 saturated heterocycles. The van der Waals surface area contributed by atoms with Gasteiger partial charge in [-0.25, -0.2) is 4.79 Å². The Bertz CT molecular complexity index is 779. The number of nitrogens with zero attached hydrogens (tertiary/aromatic N) is 2. The summed E-state index contributed by atoms with van der Waals surface area (Å²) in [6, 6.07) is 5.74. The Balaban J connectivity index is 2.55. The maximum Gasteiger partial charge on any atom is 0.336 e. The van der Waals surface area contributed by atoms with Gasteiger partial charge >= 0.3 is 5.97 Å². The van der Waals surface area contributed by atoms with Gasteiger partial charge in [-0.05, 0) is 38.5 Å². The number of pyridine rings is 1. The van der Waals surface area contributed by atoms with E-state index in [1.54, 1.807) is 38.4 Å². The Morgan fingerprint density at radius 2 is 2.08 bits per heavy atom. The maximum atomic E-state index is 12.5. The van der Waals surface area contributed by atoms with Gasteiger partial charge in [0, 0.05) is 18.1 Å². The molecular formula is C18H19N3O3S. The van der Waals surface area contributed by atoms with E-state index in [0.29, 0.717) is 21.9 Å². The molecule has 1 unspecified atom stereocenters. The fraction of sp³-hybridized carbons (Fsp3) is 0.333. The Morgan fingerprint density at radius 1 is 1.40 bits per heavy atom. The summed E-state index contributed by atoms with van der Waals surface area (Å²) in [6.45, 7) is 5.25. The van der Waals surface area contributed by atoms with Gasteiger partial charge in [0.15, 0.2) is 0 Å². The second-order valence-corrected chi connectivity index (χ2v) is 6.43. The molecule has 7 heteroatoms. The van der Waals surface area contributed by atoms with E-state index in [9.17, 15) is 14.9 Å². The highest BCUT2D eigenvalue weighted by Crippen LogP contribution is 2.40. The molecule has 1 aromatic rings. The molecule has 0 amide bonds. The van der Waals surface area contributed by atoms with Crippen LogP contribution in [0, 0.1) is 11.3 Å². The number of nitriles is 1. The van der Waals surface area contributed by atoms with Crippen LogP contribution < -0.4 is 5.32 Å². The monoisotopic (exact) mass is 357 g/mol. The third kappa shape index (κ3) is 4.28. The maximum absolute atomic E-state index is 12.5. The molecule has 0 aromatic carbocycles. The van der Waals surface area contributed by atoms with E-state index in [1.807, 2.05) is 0 Å². The van der Waals surface area contributed by atoms with Crippen LogP contribution in [0.1, 0.15) is 32.3 Å². The van der Waals surface area contributed by atoms with E-state index >= 15 is 0 Å². The molecule has 0 radical (unpaired) electrons. The fourth-order valence-corrected chi connectivity index (χ4v) is 3.46. The molecule has 1 aliphatic rings. The van der Waals surface area contributed by atoms with E-state index in [-0.39, 0.29) is 18.1 Å². The second kappa shape index (κ2) is 8.49. The number of carbonyl (C=O) groups excluding carboxylic acids is 2. The average Bonchev–Trinajstić information content (AvgIpc) is 2.60. The summed E-state index contributed by atoms with van der Waals surface area (Å²) >= 11 is 1.26. The van der Waals surface area contributed by atoms with Crippen LogP contribution in [-0.2, 0) is 14.3 Å². The number of esters is 1. The zero-order valence-electron chi connectivity index (χ0n) is 14.3. The van der Waals surface area contributed by atoms with E-state index in [2.05, 4.69) is 16.4 Å². The van der Waals surface area contributed by atoms with Crippen LogP contribution in [0.5, 0.6) is 0 Å². The number of Topliss-reactive ketones (excluding diaryl/α,β-unsaturated/α-hetero) is 1. The molecule has 6 nitrogen and oxygen atoms in total. The molecule has 130 valence electrons. The number of rotatable bonds is 6. The van der Waals surface area contributed by atoms with Gasteiger partial charge in [0.25, 0.3) is 0 Å². The van der Waals surface area contributed by atoms with Crippen molar-refractivity contribution in [2.45, 2.75) is 26.7 Å². The lowest BCUT2D eigenvalue weighted by Gasteiger charge is -2.29. The van der Waals surface area contributed by atoms with E-state index in [1.165, 1.54) is 18.7 Å². The quantitative estimate of drug-likeness (QED) is 0.782. The van der Waals surface area contributed by atoms with Gasteiger partial charge in [-0.15, -0.1) is 0 Å². The Morgan fingerprint density at radius 3 is 2.64 bits per heavy atom. The normalized spacial score (nSPS) is 17.0. The van der Waals surface area contributed by atoms with Gasteiger partial charge in [0.1, 0.15) is 5.78 Å². The van der Waals surface area contributed by atoms with Crippen LogP contribution in [0.25, 0.3) is 0 Å². The molecule has 2 heterocycles. The van der Waals surface area contributed by atoms with Crippen molar-refractivity contribution in [2.75, 3.05) is 12.4 Å². The summed E-state index contributed by atoms with van der Waals surface area (Å²) in [7, 11) is 0. The van der Waals surface area contributed by atoms with E-state index in [4.69, 9.17) is 4.74 Å². The van der Waals surface area contributed by atoms with Crippen LogP contribution >= 0.6 is 11.8 Å². The van der Waals surface area contributed by atoms with Crippen molar-refractivity contribution in [3.05, 3.63) is 52.0 Å². The number of hydrogen-bond donors (Lipinski definition) is 1. The van der Waals surface area contributed by atoms with E-state index < -0.39 is 11.9 Å². The van der Waals surface area contributed by atoms with Crippen LogP contribution in [0.3, 0.4) is 0 Å². The minimum atomic E-state index is -0.553. The van der Waals surface area contributed by atoms with Crippen molar-refractivity contribution in [1.82, 2.24) is 10.3 Å². The van der Waals surface area contributed by atoms with E-state index in [0.717, 1.165) is 5.56 Å². The number of hydrogen-bond acceptors (Lipinski definition) is 7. The number of aromatic nitrogens is 1. The molecule has 1 aromatic heterocycles. The zero-order chi connectivity index (χ0) is 18.4. The lowest BCUT2D eigenvalue weighted by atomic mass is 9.83. The first-order chi connectivity index (χ1) is 12.0. The third-order valence-electron chi connectivity index (χ3n) is 3.60. The molecule has 25 heavy (non-hydrogen) atoms. The number of carbonyl (C=O) groups is 2. The first-order valence-corrected chi connectivity index (χ1v) is 8.79. The van der Waals surface area contributed by atoms with Crippen LogP contribution in [0.15, 0.2) is 46.4 Å². The third-order valence-corrected chi connectivity index (χ3v) is 4.76. The summed E-state index contributed by atoms with van der Waals surface area (Å²) in [5, 5.41) is 13.4. The first kappa shape index (κ1) is 18.7. The number of ether oxygens (including phenoxy) is 1. The smallest absolute Gasteiger partial charge is 0.336 e. The summed E-state index contributed by atoms with van der Waals surface area (Å²) in [5.41, 5.74) is 2.18. The number of ketones is 1. The van der Waals surface area contributed by atoms with Gasteiger partial charge in [-0.1, -0.05) is 11.8 Å². The number of nitrogens with one attached hydrogen (secondary N) is 1. The van der Waals surface area contributed by atoms with Gasteiger partial charge in [-0.2, -0.15) is 5.26 Å². The number of allylic oxidation sites excluding steroid dienone is 2. The highest BCUT2D eigenvalue weighted by molar-refractivity contribution is 8.03. The first-order valence-electron chi connectivity index (χ1n) is 7.80. The van der Waals surface area contributed by atoms with Crippen molar-refractivity contribution in [1.29, 1.82) is 5.26 Å². The molecular weight excluding hydrogens is 338 g/mol. The summed E-state index contributed by atoms with van der Waals surface area (Å²) in [5.74, 6) is -0.756. The Hall–Kier alpha value is -2.59. The Labute approximate surface area is 151 Å². The minimum Gasteiger partial charge on any atom is -0.463 e. The van der Waals surface area contributed by atoms with Crippen LogP contribution in [0.4, 0.5) is 0 Å². The van der Waals surface area contributed by atoms with Gasteiger partial charge in [0.05, 0.1) is 40.5 Å².